The molecule has 0 unspecified atom stereocenters. The van der Waals surface area contributed by atoms with Crippen LogP contribution in [-0.2, 0) is 19.2 Å². The van der Waals surface area contributed by atoms with Gasteiger partial charge < -0.3 is 9.64 Å². The van der Waals surface area contributed by atoms with Gasteiger partial charge in [-0.25, -0.2) is 0 Å². The molecule has 2 saturated heterocycles. The zero-order valence-corrected chi connectivity index (χ0v) is 19.4. The van der Waals surface area contributed by atoms with Crippen LogP contribution in [0.25, 0.3) is 0 Å². The van der Waals surface area contributed by atoms with Gasteiger partial charge in [0, 0.05) is 18.7 Å². The number of anilines is 2. The lowest BCUT2D eigenvalue weighted by molar-refractivity contribution is -0.139. The molecule has 3 amide bonds. The lowest BCUT2D eigenvalue weighted by Crippen LogP contribution is -2.30. The highest BCUT2D eigenvalue weighted by atomic mass is 16.5. The summed E-state index contributed by atoms with van der Waals surface area (Å²) in [5, 5.41) is 0. The molecule has 1 saturated carbocycles. The molecule has 1 aliphatic carbocycles. The van der Waals surface area contributed by atoms with Crippen LogP contribution in [0.4, 0.5) is 11.4 Å². The lowest BCUT2D eigenvalue weighted by atomic mass is 9.76. The number of rotatable bonds is 4. The number of nitrogens with zero attached hydrogens (tertiary/aromatic N) is 2. The van der Waals surface area contributed by atoms with E-state index in [1.165, 1.54) is 4.90 Å². The minimum Gasteiger partial charge on any atom is -0.426 e. The average Bonchev–Trinajstić information content (AvgIpc) is 3.32. The summed E-state index contributed by atoms with van der Waals surface area (Å²) in [4.78, 5) is 53.9. The standard InChI is InChI=1S/C27H28N2O5/c1-16-3-6-19(7-4-16)28-15-18(14-24(28)30)27(33)34-21-10-8-20(9-11-21)29-25(31)22-12-5-17(2)13-23(22)26(29)32/h3-4,6-11,17-18,22-23H,5,12-15H2,1-2H3/t17-,18-,22+,23-/m0/s1. The van der Waals surface area contributed by atoms with Crippen LogP contribution in [0.5, 0.6) is 5.75 Å². The number of hydrogen-bond acceptors (Lipinski definition) is 5. The van der Waals surface area contributed by atoms with E-state index in [-0.39, 0.29) is 42.5 Å². The van der Waals surface area contributed by atoms with Crippen molar-refractivity contribution in [3.8, 4) is 5.75 Å². The van der Waals surface area contributed by atoms with Crippen molar-refractivity contribution in [3.05, 3.63) is 54.1 Å². The molecule has 0 spiro atoms. The number of amides is 3. The van der Waals surface area contributed by atoms with E-state index in [0.29, 0.717) is 17.4 Å². The van der Waals surface area contributed by atoms with Crippen LogP contribution in [0.3, 0.4) is 0 Å². The number of ether oxygens (including phenoxy) is 1. The molecule has 0 aromatic heterocycles. The minimum atomic E-state index is -0.555. The van der Waals surface area contributed by atoms with Gasteiger partial charge in [-0.1, -0.05) is 24.6 Å². The molecule has 3 aliphatic rings. The fraction of sp³-hybridized carbons (Fsp3) is 0.407. The third kappa shape index (κ3) is 4.00. The molecule has 34 heavy (non-hydrogen) atoms. The summed E-state index contributed by atoms with van der Waals surface area (Å²) in [6.07, 6.45) is 2.57. The molecule has 0 radical (unpaired) electrons. The van der Waals surface area contributed by atoms with Crippen molar-refractivity contribution in [2.75, 3.05) is 16.3 Å². The van der Waals surface area contributed by atoms with E-state index < -0.39 is 11.9 Å². The van der Waals surface area contributed by atoms with Gasteiger partial charge in [-0.15, -0.1) is 0 Å². The van der Waals surface area contributed by atoms with Crippen molar-refractivity contribution in [3.63, 3.8) is 0 Å². The normalized spacial score (nSPS) is 26.7. The topological polar surface area (TPSA) is 84.0 Å². The van der Waals surface area contributed by atoms with Crippen molar-refractivity contribution in [1.29, 1.82) is 0 Å². The van der Waals surface area contributed by atoms with Gasteiger partial charge >= 0.3 is 5.97 Å². The van der Waals surface area contributed by atoms with E-state index in [1.54, 1.807) is 29.2 Å². The van der Waals surface area contributed by atoms with Crippen LogP contribution in [0, 0.1) is 30.6 Å². The van der Waals surface area contributed by atoms with Crippen LogP contribution in [0.2, 0.25) is 0 Å². The first-order valence-corrected chi connectivity index (χ1v) is 11.9. The Hall–Kier alpha value is -3.48. The highest BCUT2D eigenvalue weighted by molar-refractivity contribution is 6.22. The predicted molar refractivity (Wildman–Crippen MR) is 126 cm³/mol. The van der Waals surface area contributed by atoms with E-state index >= 15 is 0 Å². The van der Waals surface area contributed by atoms with Crippen molar-refractivity contribution >= 4 is 35.1 Å². The summed E-state index contributed by atoms with van der Waals surface area (Å²) in [6, 6.07) is 14.1. The average molecular weight is 461 g/mol. The van der Waals surface area contributed by atoms with E-state index in [4.69, 9.17) is 4.74 Å². The van der Waals surface area contributed by atoms with Crippen molar-refractivity contribution in [2.45, 2.75) is 39.5 Å². The Morgan fingerprint density at radius 3 is 2.24 bits per heavy atom. The van der Waals surface area contributed by atoms with E-state index in [2.05, 4.69) is 6.92 Å². The molecular weight excluding hydrogens is 432 g/mol. The number of carbonyl (C=O) groups is 4. The molecule has 5 rings (SSSR count). The van der Waals surface area contributed by atoms with Crippen molar-refractivity contribution in [2.24, 2.45) is 23.7 Å². The molecule has 2 heterocycles. The van der Waals surface area contributed by atoms with E-state index in [9.17, 15) is 19.2 Å². The maximum Gasteiger partial charge on any atom is 0.316 e. The molecule has 2 aromatic rings. The smallest absolute Gasteiger partial charge is 0.316 e. The minimum absolute atomic E-state index is 0.1000. The van der Waals surface area contributed by atoms with Gasteiger partial charge in [0.05, 0.1) is 23.4 Å². The number of esters is 1. The zero-order chi connectivity index (χ0) is 24.0. The Bertz CT molecular complexity index is 1140. The first-order valence-electron chi connectivity index (χ1n) is 11.9. The molecule has 3 fully saturated rings. The molecule has 2 aromatic carbocycles. The van der Waals surface area contributed by atoms with Gasteiger partial charge in [-0.2, -0.15) is 0 Å². The second kappa shape index (κ2) is 8.70. The maximum absolute atomic E-state index is 12.9. The molecule has 176 valence electrons. The lowest BCUT2D eigenvalue weighted by Gasteiger charge is -2.25. The van der Waals surface area contributed by atoms with Crippen molar-refractivity contribution in [1.82, 2.24) is 0 Å². The molecule has 0 N–H and O–H groups in total. The summed E-state index contributed by atoms with van der Waals surface area (Å²) < 4.78 is 5.52. The van der Waals surface area contributed by atoms with Gasteiger partial charge in [-0.05, 0) is 68.5 Å². The summed E-state index contributed by atoms with van der Waals surface area (Å²) in [7, 11) is 0. The fourth-order valence-electron chi connectivity index (χ4n) is 5.35. The summed E-state index contributed by atoms with van der Waals surface area (Å²) >= 11 is 0. The van der Waals surface area contributed by atoms with E-state index in [0.717, 1.165) is 30.5 Å². The van der Waals surface area contributed by atoms with Crippen LogP contribution >= 0.6 is 0 Å². The molecule has 7 nitrogen and oxygen atoms in total. The Balaban J connectivity index is 1.24. The molecule has 0 bridgehead atoms. The quantitative estimate of drug-likeness (QED) is 0.393. The second-order valence-corrected chi connectivity index (χ2v) is 9.80. The molecular formula is C27H28N2O5. The van der Waals surface area contributed by atoms with Crippen LogP contribution in [0.1, 0.15) is 38.2 Å². The number of hydrogen-bond donors (Lipinski definition) is 0. The third-order valence-corrected chi connectivity index (χ3v) is 7.31. The number of carbonyl (C=O) groups excluding carboxylic acids is 4. The summed E-state index contributed by atoms with van der Waals surface area (Å²) in [5.41, 5.74) is 2.36. The van der Waals surface area contributed by atoms with Crippen LogP contribution in [-0.4, -0.2) is 30.2 Å². The Kier molecular flexibility index (Phi) is 5.71. The second-order valence-electron chi connectivity index (χ2n) is 9.80. The van der Waals surface area contributed by atoms with Crippen LogP contribution in [0.15, 0.2) is 48.5 Å². The number of imide groups is 1. The molecule has 4 atom stereocenters. The summed E-state index contributed by atoms with van der Waals surface area (Å²) in [6.45, 7) is 4.37. The number of aryl methyl sites for hydroxylation is 1. The van der Waals surface area contributed by atoms with Gasteiger partial charge in [0.25, 0.3) is 0 Å². The first kappa shape index (κ1) is 22.3. The zero-order valence-electron chi connectivity index (χ0n) is 19.4. The van der Waals surface area contributed by atoms with Crippen LogP contribution < -0.4 is 14.5 Å². The number of fused-ring (bicyclic) bond motifs is 1. The molecule has 7 heteroatoms. The van der Waals surface area contributed by atoms with Crippen molar-refractivity contribution < 1.29 is 23.9 Å². The van der Waals surface area contributed by atoms with Gasteiger partial charge in [-0.3, -0.25) is 24.1 Å². The highest BCUT2D eigenvalue weighted by Gasteiger charge is 2.50. The SMILES string of the molecule is Cc1ccc(N2C[C@@H](C(=O)Oc3ccc(N4C(=O)[C@H]5C[C@@H](C)CC[C@H]5C4=O)cc3)CC2=O)cc1. The Morgan fingerprint density at radius 2 is 1.53 bits per heavy atom. The molecule has 2 aliphatic heterocycles. The Morgan fingerprint density at radius 1 is 0.882 bits per heavy atom. The largest absolute Gasteiger partial charge is 0.426 e. The predicted octanol–water partition coefficient (Wildman–Crippen LogP) is 3.88. The summed E-state index contributed by atoms with van der Waals surface area (Å²) in [5.74, 6) is -1.08. The van der Waals surface area contributed by atoms with Gasteiger partial charge in [0.2, 0.25) is 17.7 Å². The Labute approximate surface area is 198 Å². The first-order chi connectivity index (χ1) is 16.3. The highest BCUT2D eigenvalue weighted by Crippen LogP contribution is 2.42. The monoisotopic (exact) mass is 460 g/mol. The van der Waals surface area contributed by atoms with E-state index in [1.807, 2.05) is 31.2 Å². The fourth-order valence-corrected chi connectivity index (χ4v) is 5.35. The number of benzene rings is 2. The van der Waals surface area contributed by atoms with Gasteiger partial charge in [0.15, 0.2) is 0 Å². The van der Waals surface area contributed by atoms with Gasteiger partial charge in [0.1, 0.15) is 5.75 Å². The maximum atomic E-state index is 12.9. The third-order valence-electron chi connectivity index (χ3n) is 7.31.